The minimum atomic E-state index is -4.16. The first-order valence-electron chi connectivity index (χ1n) is 6.72. The summed E-state index contributed by atoms with van der Waals surface area (Å²) in [6.07, 6.45) is -2.95. The van der Waals surface area contributed by atoms with Crippen molar-refractivity contribution >= 4 is 11.7 Å². The number of nitrogens with one attached hydrogen (secondary N) is 1. The minimum absolute atomic E-state index is 0.0681. The smallest absolute Gasteiger partial charge is 0.401 e. The monoisotopic (exact) mass is 302 g/mol. The Morgan fingerprint density at radius 2 is 2.00 bits per heavy atom. The number of piperidine rings is 1. The molecule has 21 heavy (non-hydrogen) atoms. The lowest BCUT2D eigenvalue weighted by Crippen LogP contribution is -2.43. The van der Waals surface area contributed by atoms with E-state index in [4.69, 9.17) is 5.11 Å². The molecule has 1 aliphatic rings. The molecule has 7 heteroatoms. The van der Waals surface area contributed by atoms with Gasteiger partial charge in [0, 0.05) is 24.8 Å². The minimum Gasteiger partial charge on any atom is -0.478 e. The van der Waals surface area contributed by atoms with Gasteiger partial charge in [-0.15, -0.1) is 0 Å². The van der Waals surface area contributed by atoms with Crippen LogP contribution in [-0.2, 0) is 0 Å². The molecule has 0 bridgehead atoms. The van der Waals surface area contributed by atoms with Gasteiger partial charge in [-0.05, 0) is 31.0 Å². The van der Waals surface area contributed by atoms with Crippen molar-refractivity contribution in [3.63, 3.8) is 0 Å². The fourth-order valence-electron chi connectivity index (χ4n) is 2.47. The summed E-state index contributed by atoms with van der Waals surface area (Å²) in [6.45, 7) is -0.0974. The molecule has 0 amide bonds. The predicted octanol–water partition coefficient (Wildman–Crippen LogP) is 2.82. The third kappa shape index (κ3) is 4.93. The van der Waals surface area contributed by atoms with Gasteiger partial charge in [-0.3, -0.25) is 4.90 Å². The molecule has 1 saturated heterocycles. The Hall–Kier alpha value is -1.76. The quantitative estimate of drug-likeness (QED) is 0.898. The molecule has 0 aromatic heterocycles. The molecule has 1 aliphatic heterocycles. The van der Waals surface area contributed by atoms with E-state index in [1.807, 2.05) is 0 Å². The Balaban J connectivity index is 1.86. The second-order valence-electron chi connectivity index (χ2n) is 5.20. The van der Waals surface area contributed by atoms with Gasteiger partial charge in [-0.1, -0.05) is 6.07 Å². The van der Waals surface area contributed by atoms with Gasteiger partial charge in [0.1, 0.15) is 0 Å². The summed E-state index contributed by atoms with van der Waals surface area (Å²) in [4.78, 5) is 12.3. The van der Waals surface area contributed by atoms with E-state index in [2.05, 4.69) is 5.32 Å². The van der Waals surface area contributed by atoms with Crippen molar-refractivity contribution in [3.05, 3.63) is 29.8 Å². The van der Waals surface area contributed by atoms with Gasteiger partial charge in [-0.25, -0.2) is 4.79 Å². The number of hydrogen-bond donors (Lipinski definition) is 2. The van der Waals surface area contributed by atoms with Gasteiger partial charge in [0.2, 0.25) is 0 Å². The summed E-state index contributed by atoms with van der Waals surface area (Å²) in [5, 5.41) is 12.1. The Kier molecular flexibility index (Phi) is 4.72. The van der Waals surface area contributed by atoms with E-state index in [9.17, 15) is 18.0 Å². The van der Waals surface area contributed by atoms with Gasteiger partial charge in [0.05, 0.1) is 12.1 Å². The summed E-state index contributed by atoms with van der Waals surface area (Å²) in [5.41, 5.74) is 0.874. The average Bonchev–Trinajstić information content (AvgIpc) is 2.40. The van der Waals surface area contributed by atoms with Crippen molar-refractivity contribution in [3.8, 4) is 0 Å². The van der Waals surface area contributed by atoms with Gasteiger partial charge in [0.25, 0.3) is 0 Å². The van der Waals surface area contributed by atoms with E-state index in [0.717, 1.165) is 0 Å². The first kappa shape index (κ1) is 15.6. The maximum atomic E-state index is 12.3. The molecule has 1 heterocycles. The summed E-state index contributed by atoms with van der Waals surface area (Å²) in [6, 6.07) is 6.50. The molecule has 0 aliphatic carbocycles. The van der Waals surface area contributed by atoms with E-state index < -0.39 is 18.7 Å². The Morgan fingerprint density at radius 3 is 2.57 bits per heavy atom. The molecule has 2 rings (SSSR count). The lowest BCUT2D eigenvalue weighted by Gasteiger charge is -2.33. The topological polar surface area (TPSA) is 52.6 Å². The molecule has 0 unspecified atom stereocenters. The van der Waals surface area contributed by atoms with Gasteiger partial charge < -0.3 is 10.4 Å². The summed E-state index contributed by atoms with van der Waals surface area (Å²) < 4.78 is 36.9. The zero-order valence-corrected chi connectivity index (χ0v) is 11.4. The second-order valence-corrected chi connectivity index (χ2v) is 5.20. The summed E-state index contributed by atoms with van der Waals surface area (Å²) in [7, 11) is 0. The maximum Gasteiger partial charge on any atom is 0.401 e. The largest absolute Gasteiger partial charge is 0.478 e. The van der Waals surface area contributed by atoms with Crippen molar-refractivity contribution in [2.75, 3.05) is 25.0 Å². The lowest BCUT2D eigenvalue weighted by atomic mass is 10.0. The molecule has 2 N–H and O–H groups in total. The highest BCUT2D eigenvalue weighted by Crippen LogP contribution is 2.22. The number of carbonyl (C=O) groups is 1. The van der Waals surface area contributed by atoms with Crippen LogP contribution in [0.5, 0.6) is 0 Å². The van der Waals surface area contributed by atoms with Crippen LogP contribution < -0.4 is 5.32 Å². The van der Waals surface area contributed by atoms with Crippen LogP contribution in [-0.4, -0.2) is 47.8 Å². The molecule has 4 nitrogen and oxygen atoms in total. The first-order chi connectivity index (χ1) is 9.83. The molecular weight excluding hydrogens is 285 g/mol. The van der Waals surface area contributed by atoms with Gasteiger partial charge in [-0.2, -0.15) is 13.2 Å². The highest BCUT2D eigenvalue weighted by molar-refractivity contribution is 5.88. The third-order valence-electron chi connectivity index (χ3n) is 3.47. The number of halogens is 3. The number of aromatic carboxylic acids is 1. The number of anilines is 1. The number of hydrogen-bond acceptors (Lipinski definition) is 3. The van der Waals surface area contributed by atoms with Gasteiger partial charge in [0.15, 0.2) is 0 Å². The van der Waals surface area contributed by atoms with Crippen molar-refractivity contribution in [2.24, 2.45) is 0 Å². The average molecular weight is 302 g/mol. The van der Waals surface area contributed by atoms with Crippen molar-refractivity contribution in [1.82, 2.24) is 4.90 Å². The van der Waals surface area contributed by atoms with Crippen molar-refractivity contribution in [1.29, 1.82) is 0 Å². The standard InChI is InChI=1S/C14H17F3N2O2/c15-14(16,17)9-19-6-4-11(5-7-19)18-12-3-1-2-10(8-12)13(20)21/h1-3,8,11,18H,4-7,9H2,(H,20,21). The van der Waals surface area contributed by atoms with Crippen LogP contribution in [0.1, 0.15) is 23.2 Å². The van der Waals surface area contributed by atoms with Crippen LogP contribution in [0, 0.1) is 0 Å². The van der Waals surface area contributed by atoms with Crippen LogP contribution in [0.25, 0.3) is 0 Å². The molecule has 0 saturated carbocycles. The molecule has 1 fully saturated rings. The van der Waals surface area contributed by atoms with E-state index in [-0.39, 0.29) is 11.6 Å². The summed E-state index contributed by atoms with van der Waals surface area (Å²) >= 11 is 0. The number of carboxylic acid groups (broad SMARTS) is 1. The molecule has 0 spiro atoms. The van der Waals surface area contributed by atoms with Crippen molar-refractivity contribution < 1.29 is 23.1 Å². The molecule has 1 aromatic carbocycles. The first-order valence-corrected chi connectivity index (χ1v) is 6.72. The molecule has 0 radical (unpaired) electrons. The van der Waals surface area contributed by atoms with Crippen LogP contribution in [0.4, 0.5) is 18.9 Å². The van der Waals surface area contributed by atoms with Crippen LogP contribution in [0.3, 0.4) is 0 Å². The molecule has 1 aromatic rings. The summed E-state index contributed by atoms with van der Waals surface area (Å²) in [5.74, 6) is -1.00. The fraction of sp³-hybridized carbons (Fsp3) is 0.500. The highest BCUT2D eigenvalue weighted by Gasteiger charge is 2.32. The normalized spacial score (nSPS) is 17.7. The zero-order chi connectivity index (χ0) is 15.5. The number of rotatable bonds is 4. The third-order valence-corrected chi connectivity index (χ3v) is 3.47. The van der Waals surface area contributed by atoms with Crippen LogP contribution >= 0.6 is 0 Å². The number of alkyl halides is 3. The SMILES string of the molecule is O=C(O)c1cccc(NC2CCN(CC(F)(F)F)CC2)c1. The lowest BCUT2D eigenvalue weighted by molar-refractivity contribution is -0.147. The van der Waals surface area contributed by atoms with Crippen molar-refractivity contribution in [2.45, 2.75) is 25.1 Å². The van der Waals surface area contributed by atoms with Gasteiger partial charge >= 0.3 is 12.1 Å². The number of benzene rings is 1. The Bertz CT molecular complexity index is 497. The number of likely N-dealkylation sites (tertiary alicyclic amines) is 1. The molecule has 0 atom stereocenters. The fourth-order valence-corrected chi connectivity index (χ4v) is 2.47. The highest BCUT2D eigenvalue weighted by atomic mass is 19.4. The van der Waals surface area contributed by atoms with E-state index in [1.54, 1.807) is 12.1 Å². The second kappa shape index (κ2) is 6.34. The van der Waals surface area contributed by atoms with E-state index in [1.165, 1.54) is 17.0 Å². The van der Waals surface area contributed by atoms with E-state index >= 15 is 0 Å². The van der Waals surface area contributed by atoms with Crippen LogP contribution in [0.2, 0.25) is 0 Å². The Labute approximate surface area is 120 Å². The van der Waals surface area contributed by atoms with Crippen LogP contribution in [0.15, 0.2) is 24.3 Å². The number of carboxylic acids is 1. The van der Waals surface area contributed by atoms with E-state index in [0.29, 0.717) is 31.6 Å². The zero-order valence-electron chi connectivity index (χ0n) is 11.4. The maximum absolute atomic E-state index is 12.3. The molecule has 116 valence electrons. The predicted molar refractivity (Wildman–Crippen MR) is 72.5 cm³/mol. The molecular formula is C14H17F3N2O2. The number of nitrogens with zero attached hydrogens (tertiary/aromatic N) is 1. The Morgan fingerprint density at radius 1 is 1.33 bits per heavy atom.